The van der Waals surface area contributed by atoms with Gasteiger partial charge in [-0.3, -0.25) is 4.79 Å². The lowest BCUT2D eigenvalue weighted by Gasteiger charge is -2.28. The van der Waals surface area contributed by atoms with E-state index in [1.54, 1.807) is 0 Å². The van der Waals surface area contributed by atoms with E-state index in [1.807, 2.05) is 36.4 Å². The van der Waals surface area contributed by atoms with Gasteiger partial charge < -0.3 is 15.6 Å². The van der Waals surface area contributed by atoms with Gasteiger partial charge in [-0.15, -0.1) is 0 Å². The summed E-state index contributed by atoms with van der Waals surface area (Å²) >= 11 is 0. The minimum atomic E-state index is 0.114. The number of hydrogen-bond acceptors (Lipinski definition) is 3. The molecule has 0 aliphatic heterocycles. The van der Waals surface area contributed by atoms with E-state index in [2.05, 4.69) is 39.7 Å². The van der Waals surface area contributed by atoms with Crippen LogP contribution in [0.3, 0.4) is 0 Å². The van der Waals surface area contributed by atoms with Crippen molar-refractivity contribution in [1.29, 1.82) is 0 Å². The standard InChI is InChI=1S/C22H26N4O/c1-15-6-2-3-7-17(15)14-23-21(27)16-10-12-18(13-11-16)24-22-25-19-8-4-5-9-20(19)26-22/h2-9,16,18H,10-14H2,1H3,(H,23,27)(H2,24,25,26). The van der Waals surface area contributed by atoms with Crippen molar-refractivity contribution in [3.63, 3.8) is 0 Å². The van der Waals surface area contributed by atoms with Crippen LogP contribution in [0.15, 0.2) is 48.5 Å². The van der Waals surface area contributed by atoms with Crippen LogP contribution >= 0.6 is 0 Å². The van der Waals surface area contributed by atoms with Gasteiger partial charge in [0.15, 0.2) is 0 Å². The van der Waals surface area contributed by atoms with Crippen molar-refractivity contribution in [3.8, 4) is 0 Å². The van der Waals surface area contributed by atoms with Gasteiger partial charge in [0.25, 0.3) is 0 Å². The van der Waals surface area contributed by atoms with Crippen molar-refractivity contribution in [2.45, 2.75) is 45.2 Å². The van der Waals surface area contributed by atoms with Gasteiger partial charge in [-0.25, -0.2) is 4.98 Å². The minimum absolute atomic E-state index is 0.114. The SMILES string of the molecule is Cc1ccccc1CNC(=O)C1CCC(Nc2nc3ccccc3[nH]2)CC1. The number of benzene rings is 2. The Morgan fingerprint density at radius 2 is 1.81 bits per heavy atom. The summed E-state index contributed by atoms with van der Waals surface area (Å²) in [5.41, 5.74) is 4.43. The average molecular weight is 362 g/mol. The molecule has 1 heterocycles. The van der Waals surface area contributed by atoms with Gasteiger partial charge in [-0.1, -0.05) is 36.4 Å². The minimum Gasteiger partial charge on any atom is -0.353 e. The summed E-state index contributed by atoms with van der Waals surface area (Å²) in [6.07, 6.45) is 3.80. The monoisotopic (exact) mass is 362 g/mol. The molecule has 3 aromatic rings. The van der Waals surface area contributed by atoms with Crippen LogP contribution in [0.1, 0.15) is 36.8 Å². The molecule has 5 nitrogen and oxygen atoms in total. The van der Waals surface area contributed by atoms with Crippen LogP contribution in [0.5, 0.6) is 0 Å². The van der Waals surface area contributed by atoms with Gasteiger partial charge >= 0.3 is 0 Å². The lowest BCUT2D eigenvalue weighted by atomic mass is 9.85. The molecule has 0 saturated heterocycles. The number of nitrogens with one attached hydrogen (secondary N) is 3. The van der Waals surface area contributed by atoms with E-state index >= 15 is 0 Å². The number of fused-ring (bicyclic) bond motifs is 1. The Balaban J connectivity index is 1.27. The molecule has 0 unspecified atom stereocenters. The summed E-state index contributed by atoms with van der Waals surface area (Å²) in [4.78, 5) is 20.4. The summed E-state index contributed by atoms with van der Waals surface area (Å²) in [7, 11) is 0. The van der Waals surface area contributed by atoms with Crippen molar-refractivity contribution in [2.75, 3.05) is 5.32 Å². The fraction of sp³-hybridized carbons (Fsp3) is 0.364. The van der Waals surface area contributed by atoms with Crippen molar-refractivity contribution in [1.82, 2.24) is 15.3 Å². The Morgan fingerprint density at radius 1 is 1.07 bits per heavy atom. The molecule has 1 amide bonds. The van der Waals surface area contributed by atoms with Crippen LogP contribution in [0.4, 0.5) is 5.95 Å². The molecule has 1 aliphatic carbocycles. The Morgan fingerprint density at radius 3 is 2.59 bits per heavy atom. The molecule has 1 aliphatic rings. The second kappa shape index (κ2) is 7.82. The molecule has 1 aromatic heterocycles. The smallest absolute Gasteiger partial charge is 0.223 e. The van der Waals surface area contributed by atoms with Crippen LogP contribution < -0.4 is 10.6 Å². The number of aryl methyl sites for hydroxylation is 1. The first-order chi connectivity index (χ1) is 13.2. The third-order valence-electron chi connectivity index (χ3n) is 5.54. The third kappa shape index (κ3) is 4.13. The van der Waals surface area contributed by atoms with Crippen LogP contribution in [0, 0.1) is 12.8 Å². The fourth-order valence-electron chi connectivity index (χ4n) is 3.85. The Labute approximate surface area is 159 Å². The number of carbonyl (C=O) groups is 1. The lowest BCUT2D eigenvalue weighted by Crippen LogP contribution is -2.35. The predicted molar refractivity (Wildman–Crippen MR) is 108 cm³/mol. The van der Waals surface area contributed by atoms with E-state index in [4.69, 9.17) is 0 Å². The molecule has 3 N–H and O–H groups in total. The molecule has 0 bridgehead atoms. The van der Waals surface area contributed by atoms with E-state index in [0.29, 0.717) is 12.6 Å². The van der Waals surface area contributed by atoms with Gasteiger partial charge in [0.05, 0.1) is 11.0 Å². The molecule has 140 valence electrons. The van der Waals surface area contributed by atoms with Gasteiger partial charge in [0.1, 0.15) is 0 Å². The molecule has 27 heavy (non-hydrogen) atoms. The number of H-pyrrole nitrogens is 1. The number of para-hydroxylation sites is 2. The zero-order valence-corrected chi connectivity index (χ0v) is 15.7. The maximum absolute atomic E-state index is 12.5. The van der Waals surface area contributed by atoms with E-state index < -0.39 is 0 Å². The second-order valence-corrected chi connectivity index (χ2v) is 7.44. The van der Waals surface area contributed by atoms with Crippen molar-refractivity contribution in [2.24, 2.45) is 5.92 Å². The molecule has 4 rings (SSSR count). The first-order valence-electron chi connectivity index (χ1n) is 9.72. The molecule has 1 saturated carbocycles. The zero-order chi connectivity index (χ0) is 18.6. The summed E-state index contributed by atoms with van der Waals surface area (Å²) < 4.78 is 0. The normalized spacial score (nSPS) is 19.7. The van der Waals surface area contributed by atoms with Crippen LogP contribution in [-0.4, -0.2) is 21.9 Å². The third-order valence-corrected chi connectivity index (χ3v) is 5.54. The first-order valence-corrected chi connectivity index (χ1v) is 9.72. The Hall–Kier alpha value is -2.82. The maximum Gasteiger partial charge on any atom is 0.223 e. The first kappa shape index (κ1) is 17.6. The number of aromatic amines is 1. The highest BCUT2D eigenvalue weighted by Crippen LogP contribution is 2.27. The molecule has 0 radical (unpaired) electrons. The number of aromatic nitrogens is 2. The van der Waals surface area contributed by atoms with Gasteiger partial charge in [-0.2, -0.15) is 0 Å². The number of nitrogens with zero attached hydrogens (tertiary/aromatic N) is 1. The summed E-state index contributed by atoms with van der Waals surface area (Å²) in [6, 6.07) is 16.6. The van der Waals surface area contributed by atoms with Gasteiger partial charge in [0.2, 0.25) is 11.9 Å². The lowest BCUT2D eigenvalue weighted by molar-refractivity contribution is -0.126. The Bertz CT molecular complexity index is 892. The Kier molecular flexibility index (Phi) is 5.10. The number of imidazole rings is 1. The largest absolute Gasteiger partial charge is 0.353 e. The van der Waals surface area contributed by atoms with Crippen LogP contribution in [0.2, 0.25) is 0 Å². The number of anilines is 1. The summed E-state index contributed by atoms with van der Waals surface area (Å²) in [6.45, 7) is 2.69. The molecular formula is C22H26N4O. The van der Waals surface area contributed by atoms with E-state index in [1.165, 1.54) is 11.1 Å². The maximum atomic E-state index is 12.5. The molecule has 2 aromatic carbocycles. The van der Waals surface area contributed by atoms with Gasteiger partial charge in [-0.05, 0) is 55.9 Å². The van der Waals surface area contributed by atoms with Gasteiger partial charge in [0, 0.05) is 18.5 Å². The average Bonchev–Trinajstić information content (AvgIpc) is 3.10. The predicted octanol–water partition coefficient (Wildman–Crippen LogP) is 4.16. The summed E-state index contributed by atoms with van der Waals surface area (Å²) in [5, 5.41) is 6.61. The number of rotatable bonds is 5. The number of carbonyl (C=O) groups excluding carboxylic acids is 1. The topological polar surface area (TPSA) is 69.8 Å². The highest BCUT2D eigenvalue weighted by Gasteiger charge is 2.26. The quantitative estimate of drug-likeness (QED) is 0.638. The molecule has 1 fully saturated rings. The fourth-order valence-corrected chi connectivity index (χ4v) is 3.85. The van der Waals surface area contributed by atoms with Crippen molar-refractivity contribution in [3.05, 3.63) is 59.7 Å². The summed E-state index contributed by atoms with van der Waals surface area (Å²) in [5.74, 6) is 1.12. The van der Waals surface area contributed by atoms with E-state index in [-0.39, 0.29) is 11.8 Å². The molecular weight excluding hydrogens is 336 g/mol. The highest BCUT2D eigenvalue weighted by atomic mass is 16.1. The van der Waals surface area contributed by atoms with Crippen molar-refractivity contribution < 1.29 is 4.79 Å². The molecule has 0 atom stereocenters. The van der Waals surface area contributed by atoms with Crippen LogP contribution in [-0.2, 0) is 11.3 Å². The van der Waals surface area contributed by atoms with Crippen molar-refractivity contribution >= 4 is 22.9 Å². The van der Waals surface area contributed by atoms with E-state index in [0.717, 1.165) is 42.7 Å². The van der Waals surface area contributed by atoms with Crippen LogP contribution in [0.25, 0.3) is 11.0 Å². The van der Waals surface area contributed by atoms with E-state index in [9.17, 15) is 4.79 Å². The highest BCUT2D eigenvalue weighted by molar-refractivity contribution is 5.79. The molecule has 5 heteroatoms. The number of amides is 1. The zero-order valence-electron chi connectivity index (χ0n) is 15.7. The second-order valence-electron chi connectivity index (χ2n) is 7.44. The number of hydrogen-bond donors (Lipinski definition) is 3. The molecule has 0 spiro atoms.